The topological polar surface area (TPSA) is 35.5 Å². The number of hydrogen-bond donors (Lipinski definition) is 2. The van der Waals surface area contributed by atoms with Gasteiger partial charge in [0, 0.05) is 32.4 Å². The van der Waals surface area contributed by atoms with E-state index in [1.165, 1.54) is 24.1 Å². The maximum atomic E-state index is 9.10. The van der Waals surface area contributed by atoms with Gasteiger partial charge in [0.15, 0.2) is 0 Å². The van der Waals surface area contributed by atoms with Crippen LogP contribution < -0.4 is 10.2 Å². The molecule has 0 amide bonds. The van der Waals surface area contributed by atoms with E-state index in [1.54, 1.807) is 0 Å². The lowest BCUT2D eigenvalue weighted by atomic mass is 9.99. The van der Waals surface area contributed by atoms with E-state index < -0.39 is 0 Å². The highest BCUT2D eigenvalue weighted by Gasteiger charge is 2.10. The second kappa shape index (κ2) is 8.98. The van der Waals surface area contributed by atoms with E-state index in [0.717, 1.165) is 13.0 Å². The van der Waals surface area contributed by atoms with E-state index in [4.69, 9.17) is 5.11 Å². The van der Waals surface area contributed by atoms with Crippen LogP contribution in [0.15, 0.2) is 24.3 Å². The Kier molecular flexibility index (Phi) is 7.63. The molecule has 1 rings (SSSR count). The Balaban J connectivity index is 2.50. The molecule has 3 heteroatoms. The molecular weight excluding hydrogens is 248 g/mol. The van der Waals surface area contributed by atoms with Gasteiger partial charge in [0.1, 0.15) is 0 Å². The van der Waals surface area contributed by atoms with Crippen LogP contribution in [0.1, 0.15) is 44.7 Å². The monoisotopic (exact) mass is 278 g/mol. The van der Waals surface area contributed by atoms with Gasteiger partial charge in [-0.25, -0.2) is 0 Å². The summed E-state index contributed by atoms with van der Waals surface area (Å²) < 4.78 is 0. The summed E-state index contributed by atoms with van der Waals surface area (Å²) in [6.07, 6.45) is 3.26. The highest BCUT2D eigenvalue weighted by Crippen LogP contribution is 2.18. The Hall–Kier alpha value is -1.06. The minimum atomic E-state index is 0.290. The quantitative estimate of drug-likeness (QED) is 0.728. The summed E-state index contributed by atoms with van der Waals surface area (Å²) in [6.45, 7) is 5.67. The molecule has 1 aromatic carbocycles. The number of aliphatic hydroxyl groups excluding tert-OH is 1. The summed E-state index contributed by atoms with van der Waals surface area (Å²) in [7, 11) is 4.11. The first-order valence-electron chi connectivity index (χ1n) is 7.70. The largest absolute Gasteiger partial charge is 0.396 e. The summed E-state index contributed by atoms with van der Waals surface area (Å²) in [5.41, 5.74) is 2.54. The van der Waals surface area contributed by atoms with E-state index in [2.05, 4.69) is 62.4 Å². The normalized spacial score (nSPS) is 14.1. The first kappa shape index (κ1) is 17.0. The lowest BCUT2D eigenvalue weighted by Crippen LogP contribution is -2.26. The standard InChI is InChI=1S/C17H30N2O/c1-5-6-15(11-12-20)13-18-14(2)16-7-9-17(10-8-16)19(3)4/h7-10,14-15,18,20H,5-6,11-13H2,1-4H3. The fourth-order valence-electron chi connectivity index (χ4n) is 2.46. The van der Waals surface area contributed by atoms with Crippen molar-refractivity contribution < 1.29 is 5.11 Å². The Morgan fingerprint density at radius 1 is 1.15 bits per heavy atom. The molecule has 2 atom stereocenters. The highest BCUT2D eigenvalue weighted by molar-refractivity contribution is 5.46. The van der Waals surface area contributed by atoms with Crippen LogP contribution in [0.2, 0.25) is 0 Å². The summed E-state index contributed by atoms with van der Waals surface area (Å²) in [4.78, 5) is 2.11. The molecule has 2 unspecified atom stereocenters. The van der Waals surface area contributed by atoms with E-state index >= 15 is 0 Å². The van der Waals surface area contributed by atoms with Crippen molar-refractivity contribution in [3.63, 3.8) is 0 Å². The third-order valence-corrected chi connectivity index (χ3v) is 3.86. The fourth-order valence-corrected chi connectivity index (χ4v) is 2.46. The average Bonchev–Trinajstić information content (AvgIpc) is 2.45. The Bertz CT molecular complexity index is 356. The van der Waals surface area contributed by atoms with Crippen LogP contribution in [0, 0.1) is 5.92 Å². The van der Waals surface area contributed by atoms with Crippen LogP contribution in [0.25, 0.3) is 0 Å². The van der Waals surface area contributed by atoms with Crippen molar-refractivity contribution in [2.24, 2.45) is 5.92 Å². The van der Waals surface area contributed by atoms with Crippen molar-refractivity contribution in [3.05, 3.63) is 29.8 Å². The highest BCUT2D eigenvalue weighted by atomic mass is 16.3. The summed E-state index contributed by atoms with van der Waals surface area (Å²) in [5, 5.41) is 12.7. The number of nitrogens with one attached hydrogen (secondary N) is 1. The molecule has 0 saturated heterocycles. The Morgan fingerprint density at radius 3 is 2.30 bits per heavy atom. The minimum Gasteiger partial charge on any atom is -0.396 e. The number of hydrogen-bond acceptors (Lipinski definition) is 3. The van der Waals surface area contributed by atoms with Gasteiger partial charge in [-0.05, 0) is 49.9 Å². The predicted octanol–water partition coefficient (Wildman–Crippen LogP) is 3.20. The summed E-state index contributed by atoms with van der Waals surface area (Å²) >= 11 is 0. The molecule has 0 aromatic heterocycles. The minimum absolute atomic E-state index is 0.290. The zero-order valence-corrected chi connectivity index (χ0v) is 13.4. The molecule has 0 fully saturated rings. The number of rotatable bonds is 9. The lowest BCUT2D eigenvalue weighted by Gasteiger charge is -2.21. The van der Waals surface area contributed by atoms with Gasteiger partial charge in [0.2, 0.25) is 0 Å². The van der Waals surface area contributed by atoms with Gasteiger partial charge in [0.25, 0.3) is 0 Å². The number of nitrogens with zero attached hydrogens (tertiary/aromatic N) is 1. The summed E-state index contributed by atoms with van der Waals surface area (Å²) in [5.74, 6) is 0.577. The number of aliphatic hydroxyl groups is 1. The third kappa shape index (κ3) is 5.51. The molecule has 0 heterocycles. The van der Waals surface area contributed by atoms with Crippen LogP contribution in [0.5, 0.6) is 0 Å². The third-order valence-electron chi connectivity index (χ3n) is 3.86. The first-order chi connectivity index (χ1) is 9.58. The van der Waals surface area contributed by atoms with Crippen molar-refractivity contribution in [2.75, 3.05) is 32.1 Å². The predicted molar refractivity (Wildman–Crippen MR) is 87.3 cm³/mol. The van der Waals surface area contributed by atoms with Crippen molar-refractivity contribution in [1.82, 2.24) is 5.32 Å². The van der Waals surface area contributed by atoms with E-state index in [-0.39, 0.29) is 6.61 Å². The van der Waals surface area contributed by atoms with Gasteiger partial charge >= 0.3 is 0 Å². The number of anilines is 1. The van der Waals surface area contributed by atoms with Gasteiger partial charge in [-0.2, -0.15) is 0 Å². The van der Waals surface area contributed by atoms with Crippen molar-refractivity contribution in [1.29, 1.82) is 0 Å². The molecule has 114 valence electrons. The van der Waals surface area contributed by atoms with Gasteiger partial charge in [-0.15, -0.1) is 0 Å². The Labute approximate surface area is 124 Å². The molecule has 0 saturated carbocycles. The second-order valence-corrected chi connectivity index (χ2v) is 5.78. The van der Waals surface area contributed by atoms with Gasteiger partial charge in [-0.3, -0.25) is 0 Å². The zero-order valence-electron chi connectivity index (χ0n) is 13.4. The maximum absolute atomic E-state index is 9.10. The molecule has 1 aromatic rings. The van der Waals surface area contributed by atoms with Crippen LogP contribution in [0.4, 0.5) is 5.69 Å². The molecule has 0 bridgehead atoms. The average molecular weight is 278 g/mol. The van der Waals surface area contributed by atoms with Crippen molar-refractivity contribution in [2.45, 2.75) is 39.2 Å². The number of benzene rings is 1. The first-order valence-corrected chi connectivity index (χ1v) is 7.70. The molecule has 3 nitrogen and oxygen atoms in total. The zero-order chi connectivity index (χ0) is 15.0. The fraction of sp³-hybridized carbons (Fsp3) is 0.647. The summed E-state index contributed by atoms with van der Waals surface area (Å²) in [6, 6.07) is 9.04. The molecule has 0 aliphatic carbocycles. The SMILES string of the molecule is CCCC(CCO)CNC(C)c1ccc(N(C)C)cc1. The van der Waals surface area contributed by atoms with Crippen molar-refractivity contribution in [3.8, 4) is 0 Å². The second-order valence-electron chi connectivity index (χ2n) is 5.78. The van der Waals surface area contributed by atoms with Crippen molar-refractivity contribution >= 4 is 5.69 Å². The van der Waals surface area contributed by atoms with Crippen LogP contribution >= 0.6 is 0 Å². The lowest BCUT2D eigenvalue weighted by molar-refractivity contribution is 0.246. The van der Waals surface area contributed by atoms with Crippen LogP contribution in [0.3, 0.4) is 0 Å². The molecular formula is C17H30N2O. The molecule has 0 aliphatic rings. The van der Waals surface area contributed by atoms with Gasteiger partial charge in [-0.1, -0.05) is 25.5 Å². The Morgan fingerprint density at radius 2 is 1.80 bits per heavy atom. The molecule has 20 heavy (non-hydrogen) atoms. The molecule has 0 aliphatic heterocycles. The van der Waals surface area contributed by atoms with Gasteiger partial charge in [0.05, 0.1) is 0 Å². The van der Waals surface area contributed by atoms with E-state index in [0.29, 0.717) is 12.0 Å². The maximum Gasteiger partial charge on any atom is 0.0434 e. The smallest absolute Gasteiger partial charge is 0.0434 e. The van der Waals surface area contributed by atoms with Crippen LogP contribution in [-0.2, 0) is 0 Å². The molecule has 0 spiro atoms. The van der Waals surface area contributed by atoms with Crippen LogP contribution in [-0.4, -0.2) is 32.4 Å². The van der Waals surface area contributed by atoms with E-state index in [9.17, 15) is 0 Å². The van der Waals surface area contributed by atoms with Gasteiger partial charge < -0.3 is 15.3 Å². The molecule has 0 radical (unpaired) electrons. The molecule has 2 N–H and O–H groups in total. The van der Waals surface area contributed by atoms with E-state index in [1.807, 2.05) is 0 Å².